The van der Waals surface area contributed by atoms with Gasteiger partial charge in [-0.15, -0.1) is 0 Å². The minimum Gasteiger partial charge on any atom is -0.339 e. The van der Waals surface area contributed by atoms with Crippen LogP contribution in [0.2, 0.25) is 0 Å². The largest absolute Gasteiger partial charge is 0.339 e. The van der Waals surface area contributed by atoms with Crippen molar-refractivity contribution in [3.63, 3.8) is 0 Å². The molecule has 39 heavy (non-hydrogen) atoms. The van der Waals surface area contributed by atoms with Crippen molar-refractivity contribution in [3.8, 4) is 22.3 Å². The lowest BCUT2D eigenvalue weighted by Gasteiger charge is -2.16. The highest BCUT2D eigenvalue weighted by Crippen LogP contribution is 2.41. The Morgan fingerprint density at radius 2 is 1.56 bits per heavy atom. The van der Waals surface area contributed by atoms with Crippen LogP contribution >= 0.6 is 0 Å². The minimum atomic E-state index is -1.14. The molecule has 0 fully saturated rings. The number of fused-ring (bicyclic) bond motifs is 3. The lowest BCUT2D eigenvalue weighted by molar-refractivity contribution is -0.116. The maximum atomic E-state index is 13.1. The standard InChI is InChI=1S/C33H27N3O2S/c1-22(37)36(2)26-16-14-24(15-17-26)29-20-34-33-32(31(29)25-9-5-3-6-10-25)28-19-23(13-18-30(28)35-33)21-39(38)27-11-7-4-8-12-27/h3-20H,21H2,1-2H3,(H,34,35). The van der Waals surface area contributed by atoms with Crippen molar-refractivity contribution in [2.75, 3.05) is 11.9 Å². The van der Waals surface area contributed by atoms with Crippen LogP contribution in [0.5, 0.6) is 0 Å². The number of aromatic nitrogens is 2. The van der Waals surface area contributed by atoms with E-state index in [1.54, 1.807) is 18.9 Å². The number of aromatic amines is 1. The molecular formula is C33H27N3O2S. The number of pyridine rings is 1. The number of rotatable bonds is 6. The van der Waals surface area contributed by atoms with E-state index in [0.717, 1.165) is 60.3 Å². The van der Waals surface area contributed by atoms with Gasteiger partial charge >= 0.3 is 0 Å². The molecule has 0 spiro atoms. The van der Waals surface area contributed by atoms with E-state index in [-0.39, 0.29) is 5.91 Å². The number of benzene rings is 4. The van der Waals surface area contributed by atoms with Gasteiger partial charge in [0, 0.05) is 58.2 Å². The van der Waals surface area contributed by atoms with E-state index < -0.39 is 10.8 Å². The summed E-state index contributed by atoms with van der Waals surface area (Å²) in [5.41, 5.74) is 7.83. The molecule has 1 unspecified atom stereocenters. The third-order valence-corrected chi connectivity index (χ3v) is 8.48. The summed E-state index contributed by atoms with van der Waals surface area (Å²) >= 11 is 0. The highest BCUT2D eigenvalue weighted by molar-refractivity contribution is 7.84. The number of amides is 1. The van der Waals surface area contributed by atoms with E-state index in [1.165, 1.54) is 0 Å². The number of carbonyl (C=O) groups excluding carboxylic acids is 1. The molecule has 0 aliphatic rings. The molecule has 1 atom stereocenters. The van der Waals surface area contributed by atoms with E-state index in [2.05, 4.69) is 29.2 Å². The maximum Gasteiger partial charge on any atom is 0.223 e. The summed E-state index contributed by atoms with van der Waals surface area (Å²) < 4.78 is 13.1. The second-order valence-corrected chi connectivity index (χ2v) is 11.0. The Balaban J connectivity index is 1.52. The van der Waals surface area contributed by atoms with Gasteiger partial charge in [-0.25, -0.2) is 4.98 Å². The SMILES string of the molecule is CC(=O)N(C)c1ccc(-c2cnc3[nH]c4ccc(CS(=O)c5ccccc5)cc4c3c2-c2ccccc2)cc1. The number of anilines is 1. The number of H-pyrrole nitrogens is 1. The normalized spacial score (nSPS) is 12.1. The summed E-state index contributed by atoms with van der Waals surface area (Å²) in [6.07, 6.45) is 1.91. The summed E-state index contributed by atoms with van der Waals surface area (Å²) in [6.45, 7) is 1.56. The van der Waals surface area contributed by atoms with E-state index in [4.69, 9.17) is 4.98 Å². The fourth-order valence-electron chi connectivity index (χ4n) is 4.97. The van der Waals surface area contributed by atoms with Crippen LogP contribution in [0.25, 0.3) is 44.2 Å². The van der Waals surface area contributed by atoms with E-state index >= 15 is 0 Å². The highest BCUT2D eigenvalue weighted by atomic mass is 32.2. The molecule has 6 rings (SSSR count). The molecule has 1 N–H and O–H groups in total. The van der Waals surface area contributed by atoms with Gasteiger partial charge < -0.3 is 9.88 Å². The van der Waals surface area contributed by atoms with Gasteiger partial charge in [0.05, 0.1) is 16.6 Å². The van der Waals surface area contributed by atoms with E-state index in [9.17, 15) is 9.00 Å². The molecular weight excluding hydrogens is 502 g/mol. The monoisotopic (exact) mass is 529 g/mol. The van der Waals surface area contributed by atoms with Gasteiger partial charge in [-0.05, 0) is 53.1 Å². The van der Waals surface area contributed by atoms with Gasteiger partial charge in [-0.2, -0.15) is 0 Å². The molecule has 192 valence electrons. The quantitative estimate of drug-likeness (QED) is 0.245. The maximum absolute atomic E-state index is 13.1. The molecule has 0 saturated carbocycles. The first-order valence-corrected chi connectivity index (χ1v) is 14.1. The highest BCUT2D eigenvalue weighted by Gasteiger charge is 2.18. The number of nitrogens with one attached hydrogen (secondary N) is 1. The van der Waals surface area contributed by atoms with Gasteiger partial charge in [0.25, 0.3) is 0 Å². The van der Waals surface area contributed by atoms with Gasteiger partial charge in [0.1, 0.15) is 5.65 Å². The summed E-state index contributed by atoms with van der Waals surface area (Å²) in [6, 6.07) is 34.1. The molecule has 0 radical (unpaired) electrons. The Morgan fingerprint density at radius 3 is 2.26 bits per heavy atom. The molecule has 1 amide bonds. The zero-order valence-electron chi connectivity index (χ0n) is 21.7. The molecule has 5 nitrogen and oxygen atoms in total. The van der Waals surface area contributed by atoms with Crippen LogP contribution in [0, 0.1) is 0 Å². The van der Waals surface area contributed by atoms with Crippen LogP contribution in [-0.2, 0) is 21.3 Å². The number of hydrogen-bond acceptors (Lipinski definition) is 3. The van der Waals surface area contributed by atoms with Crippen molar-refractivity contribution < 1.29 is 9.00 Å². The van der Waals surface area contributed by atoms with Gasteiger partial charge in [-0.1, -0.05) is 66.7 Å². The first kappa shape index (κ1) is 24.8. The summed E-state index contributed by atoms with van der Waals surface area (Å²) in [7, 11) is 0.635. The molecule has 2 heterocycles. The van der Waals surface area contributed by atoms with Gasteiger partial charge in [-0.3, -0.25) is 9.00 Å². The van der Waals surface area contributed by atoms with Gasteiger partial charge in [0.2, 0.25) is 5.91 Å². The summed E-state index contributed by atoms with van der Waals surface area (Å²) in [5, 5.41) is 2.08. The van der Waals surface area contributed by atoms with Crippen molar-refractivity contribution in [1.29, 1.82) is 0 Å². The van der Waals surface area contributed by atoms with Crippen molar-refractivity contribution in [3.05, 3.63) is 115 Å². The molecule has 4 aromatic carbocycles. The third kappa shape index (κ3) is 4.75. The minimum absolute atomic E-state index is 0.0152. The number of hydrogen-bond donors (Lipinski definition) is 1. The molecule has 0 aliphatic heterocycles. The predicted molar refractivity (Wildman–Crippen MR) is 160 cm³/mol. The fraction of sp³-hybridized carbons (Fsp3) is 0.0909. The van der Waals surface area contributed by atoms with Crippen molar-refractivity contribution in [2.45, 2.75) is 17.6 Å². The molecule has 6 heteroatoms. The first-order valence-electron chi connectivity index (χ1n) is 12.8. The summed E-state index contributed by atoms with van der Waals surface area (Å²) in [4.78, 5) is 22.6. The first-order chi connectivity index (χ1) is 19.0. The predicted octanol–water partition coefficient (Wildman–Crippen LogP) is 7.34. The van der Waals surface area contributed by atoms with E-state index in [0.29, 0.717) is 5.75 Å². The van der Waals surface area contributed by atoms with Crippen LogP contribution in [-0.4, -0.2) is 27.1 Å². The molecule has 0 aliphatic carbocycles. The summed E-state index contributed by atoms with van der Waals surface area (Å²) in [5.74, 6) is 0.421. The van der Waals surface area contributed by atoms with Crippen molar-refractivity contribution >= 4 is 44.3 Å². The molecule has 6 aromatic rings. The average Bonchev–Trinajstić information content (AvgIpc) is 3.35. The fourth-order valence-corrected chi connectivity index (χ4v) is 6.08. The smallest absolute Gasteiger partial charge is 0.223 e. The number of carbonyl (C=O) groups is 1. The lowest BCUT2D eigenvalue weighted by atomic mass is 9.92. The Hall–Kier alpha value is -4.55. The molecule has 0 saturated heterocycles. The van der Waals surface area contributed by atoms with Gasteiger partial charge in [0.15, 0.2) is 0 Å². The lowest BCUT2D eigenvalue weighted by Crippen LogP contribution is -2.22. The number of nitrogens with zero attached hydrogens (tertiary/aromatic N) is 2. The van der Waals surface area contributed by atoms with Crippen LogP contribution in [0.4, 0.5) is 5.69 Å². The second kappa shape index (κ2) is 10.3. The van der Waals surface area contributed by atoms with Crippen molar-refractivity contribution in [2.24, 2.45) is 0 Å². The van der Waals surface area contributed by atoms with Crippen molar-refractivity contribution in [1.82, 2.24) is 9.97 Å². The Bertz CT molecular complexity index is 1830. The zero-order chi connectivity index (χ0) is 26.9. The molecule has 2 aromatic heterocycles. The van der Waals surface area contributed by atoms with Crippen LogP contribution in [0.15, 0.2) is 114 Å². The second-order valence-electron chi connectivity index (χ2n) is 9.57. The van der Waals surface area contributed by atoms with Crippen LogP contribution < -0.4 is 4.90 Å². The topological polar surface area (TPSA) is 66.1 Å². The Labute approximate surface area is 229 Å². The van der Waals surface area contributed by atoms with Crippen LogP contribution in [0.1, 0.15) is 12.5 Å². The molecule has 0 bridgehead atoms. The van der Waals surface area contributed by atoms with E-state index in [1.807, 2.05) is 85.1 Å². The third-order valence-electron chi connectivity index (χ3n) is 7.09. The van der Waals surface area contributed by atoms with Crippen LogP contribution in [0.3, 0.4) is 0 Å². The zero-order valence-corrected chi connectivity index (χ0v) is 22.5. The Morgan fingerprint density at radius 1 is 0.872 bits per heavy atom. The Kier molecular flexibility index (Phi) is 6.55. The average molecular weight is 530 g/mol.